The standard InChI is InChI=1S/C15H20N2O/c1-15(2,3)16-12-9-10-14(18)17(11-12)13-7-5-4-6-8-13/h4-7,9-11,13,16H,8H2,1-3H3. The predicted octanol–water partition coefficient (Wildman–Crippen LogP) is 3.12. The van der Waals surface area contributed by atoms with Crippen LogP contribution in [0.2, 0.25) is 0 Å². The minimum Gasteiger partial charge on any atom is -0.379 e. The predicted molar refractivity (Wildman–Crippen MR) is 76.0 cm³/mol. The van der Waals surface area contributed by atoms with Crippen LogP contribution in [0.1, 0.15) is 33.2 Å². The number of nitrogens with one attached hydrogen (secondary N) is 1. The van der Waals surface area contributed by atoms with Gasteiger partial charge < -0.3 is 9.88 Å². The molecule has 0 spiro atoms. The summed E-state index contributed by atoms with van der Waals surface area (Å²) in [5, 5.41) is 3.39. The molecule has 0 radical (unpaired) electrons. The molecule has 1 N–H and O–H groups in total. The normalized spacial score (nSPS) is 18.9. The maximum Gasteiger partial charge on any atom is 0.251 e. The summed E-state index contributed by atoms with van der Waals surface area (Å²) in [5.41, 5.74) is 1.01. The number of hydrogen-bond acceptors (Lipinski definition) is 2. The van der Waals surface area contributed by atoms with Crippen LogP contribution < -0.4 is 10.9 Å². The first-order valence-corrected chi connectivity index (χ1v) is 6.29. The molecule has 3 heteroatoms. The van der Waals surface area contributed by atoms with Gasteiger partial charge in [-0.2, -0.15) is 0 Å². The van der Waals surface area contributed by atoms with Crippen molar-refractivity contribution in [1.29, 1.82) is 0 Å². The Balaban J connectivity index is 2.30. The highest BCUT2D eigenvalue weighted by atomic mass is 16.1. The molecular formula is C15H20N2O. The Bertz CT molecular complexity index is 532. The van der Waals surface area contributed by atoms with Gasteiger partial charge in [-0.1, -0.05) is 24.3 Å². The summed E-state index contributed by atoms with van der Waals surface area (Å²) in [4.78, 5) is 11.9. The molecule has 0 aliphatic heterocycles. The highest BCUT2D eigenvalue weighted by Gasteiger charge is 2.13. The van der Waals surface area contributed by atoms with E-state index in [9.17, 15) is 4.79 Å². The molecule has 96 valence electrons. The zero-order chi connectivity index (χ0) is 13.2. The molecule has 0 saturated carbocycles. The first-order chi connectivity index (χ1) is 8.46. The van der Waals surface area contributed by atoms with Gasteiger partial charge in [0, 0.05) is 17.8 Å². The van der Waals surface area contributed by atoms with Crippen molar-refractivity contribution in [1.82, 2.24) is 4.57 Å². The van der Waals surface area contributed by atoms with Crippen LogP contribution in [0.3, 0.4) is 0 Å². The summed E-state index contributed by atoms with van der Waals surface area (Å²) in [7, 11) is 0. The molecule has 1 aliphatic carbocycles. The molecule has 0 aromatic carbocycles. The lowest BCUT2D eigenvalue weighted by Crippen LogP contribution is -2.28. The van der Waals surface area contributed by atoms with Crippen LogP contribution in [0.4, 0.5) is 5.69 Å². The summed E-state index contributed by atoms with van der Waals surface area (Å²) in [6.07, 6.45) is 10.9. The average molecular weight is 244 g/mol. The van der Waals surface area contributed by atoms with Crippen LogP contribution in [0.5, 0.6) is 0 Å². The van der Waals surface area contributed by atoms with Gasteiger partial charge in [0.15, 0.2) is 0 Å². The van der Waals surface area contributed by atoms with E-state index in [2.05, 4.69) is 38.2 Å². The van der Waals surface area contributed by atoms with E-state index in [0.29, 0.717) is 0 Å². The van der Waals surface area contributed by atoms with Crippen molar-refractivity contribution in [2.75, 3.05) is 5.32 Å². The van der Waals surface area contributed by atoms with Crippen LogP contribution in [0.25, 0.3) is 0 Å². The second-order valence-electron chi connectivity index (χ2n) is 5.65. The van der Waals surface area contributed by atoms with E-state index in [4.69, 9.17) is 0 Å². The lowest BCUT2D eigenvalue weighted by Gasteiger charge is -2.24. The fraction of sp³-hybridized carbons (Fsp3) is 0.400. The van der Waals surface area contributed by atoms with Gasteiger partial charge in [0.05, 0.1) is 11.7 Å². The topological polar surface area (TPSA) is 34.0 Å². The molecule has 2 rings (SSSR count). The second kappa shape index (κ2) is 4.84. The summed E-state index contributed by atoms with van der Waals surface area (Å²) < 4.78 is 1.79. The fourth-order valence-electron chi connectivity index (χ4n) is 2.04. The van der Waals surface area contributed by atoms with Crippen LogP contribution in [0, 0.1) is 0 Å². The third-order valence-corrected chi connectivity index (χ3v) is 2.77. The Kier molecular flexibility index (Phi) is 3.41. The molecule has 0 saturated heterocycles. The third kappa shape index (κ3) is 3.13. The Morgan fingerprint density at radius 2 is 2.06 bits per heavy atom. The Morgan fingerprint density at radius 3 is 2.67 bits per heavy atom. The molecule has 1 aliphatic rings. The molecule has 18 heavy (non-hydrogen) atoms. The van der Waals surface area contributed by atoms with Crippen molar-refractivity contribution >= 4 is 5.69 Å². The first-order valence-electron chi connectivity index (χ1n) is 6.29. The lowest BCUT2D eigenvalue weighted by atomic mass is 10.1. The van der Waals surface area contributed by atoms with Gasteiger partial charge in [-0.05, 0) is 33.3 Å². The second-order valence-corrected chi connectivity index (χ2v) is 5.65. The molecule has 0 amide bonds. The van der Waals surface area contributed by atoms with Crippen LogP contribution in [-0.2, 0) is 0 Å². The molecule has 1 aromatic heterocycles. The molecule has 1 atom stereocenters. The highest BCUT2D eigenvalue weighted by molar-refractivity contribution is 5.42. The lowest BCUT2D eigenvalue weighted by molar-refractivity contribution is 0.581. The molecule has 0 fully saturated rings. The van der Waals surface area contributed by atoms with Gasteiger partial charge in [0.1, 0.15) is 0 Å². The summed E-state index contributed by atoms with van der Waals surface area (Å²) >= 11 is 0. The van der Waals surface area contributed by atoms with Crippen molar-refractivity contribution in [2.45, 2.75) is 38.8 Å². The quantitative estimate of drug-likeness (QED) is 0.867. The summed E-state index contributed by atoms with van der Waals surface area (Å²) in [6.45, 7) is 6.31. The van der Waals surface area contributed by atoms with Crippen molar-refractivity contribution in [3.05, 3.63) is 53.0 Å². The minimum absolute atomic E-state index is 0.00939. The Hall–Kier alpha value is -1.77. The van der Waals surface area contributed by atoms with E-state index in [1.807, 2.05) is 24.4 Å². The van der Waals surface area contributed by atoms with Crippen molar-refractivity contribution in [3.63, 3.8) is 0 Å². The van der Waals surface area contributed by atoms with E-state index in [0.717, 1.165) is 12.1 Å². The minimum atomic E-state index is -0.00939. The first kappa shape index (κ1) is 12.7. The molecule has 1 unspecified atom stereocenters. The van der Waals surface area contributed by atoms with Gasteiger partial charge in [-0.15, -0.1) is 0 Å². The average Bonchev–Trinajstić information content (AvgIpc) is 2.31. The van der Waals surface area contributed by atoms with E-state index in [1.165, 1.54) is 0 Å². The molecular weight excluding hydrogens is 224 g/mol. The van der Waals surface area contributed by atoms with Gasteiger partial charge in [-0.25, -0.2) is 0 Å². The molecule has 1 heterocycles. The summed E-state index contributed by atoms with van der Waals surface area (Å²) in [5.74, 6) is 0. The SMILES string of the molecule is CC(C)(C)Nc1ccc(=O)n(C2C=CC=CC2)c1. The van der Waals surface area contributed by atoms with Crippen LogP contribution >= 0.6 is 0 Å². The number of allylic oxidation sites excluding steroid dienone is 4. The van der Waals surface area contributed by atoms with Gasteiger partial charge in [0.2, 0.25) is 0 Å². The number of anilines is 1. The van der Waals surface area contributed by atoms with Gasteiger partial charge in [0.25, 0.3) is 5.56 Å². The zero-order valence-electron chi connectivity index (χ0n) is 11.2. The smallest absolute Gasteiger partial charge is 0.251 e. The van der Waals surface area contributed by atoms with Gasteiger partial charge in [-0.3, -0.25) is 4.79 Å². The number of rotatable bonds is 2. The Labute approximate surface area is 108 Å². The fourth-order valence-corrected chi connectivity index (χ4v) is 2.04. The third-order valence-electron chi connectivity index (χ3n) is 2.77. The van der Waals surface area contributed by atoms with E-state index in [1.54, 1.807) is 10.6 Å². The molecule has 1 aromatic rings. The zero-order valence-corrected chi connectivity index (χ0v) is 11.2. The maximum absolute atomic E-state index is 11.9. The summed E-state index contributed by atoms with van der Waals surface area (Å²) in [6, 6.07) is 3.59. The largest absolute Gasteiger partial charge is 0.379 e. The van der Waals surface area contributed by atoms with Crippen molar-refractivity contribution in [2.24, 2.45) is 0 Å². The Morgan fingerprint density at radius 1 is 1.28 bits per heavy atom. The number of pyridine rings is 1. The van der Waals surface area contributed by atoms with E-state index >= 15 is 0 Å². The molecule has 0 bridgehead atoms. The van der Waals surface area contributed by atoms with Gasteiger partial charge >= 0.3 is 0 Å². The highest BCUT2D eigenvalue weighted by Crippen LogP contribution is 2.19. The maximum atomic E-state index is 11.9. The van der Waals surface area contributed by atoms with E-state index in [-0.39, 0.29) is 17.1 Å². The van der Waals surface area contributed by atoms with Crippen molar-refractivity contribution in [3.8, 4) is 0 Å². The number of hydrogen-bond donors (Lipinski definition) is 1. The van der Waals surface area contributed by atoms with Crippen molar-refractivity contribution < 1.29 is 0 Å². The number of nitrogens with zero attached hydrogens (tertiary/aromatic N) is 1. The molecule has 3 nitrogen and oxygen atoms in total. The van der Waals surface area contributed by atoms with Crippen LogP contribution in [-0.4, -0.2) is 10.1 Å². The monoisotopic (exact) mass is 244 g/mol. The van der Waals surface area contributed by atoms with Crippen LogP contribution in [0.15, 0.2) is 47.4 Å². The van der Waals surface area contributed by atoms with E-state index < -0.39 is 0 Å². The number of aromatic nitrogens is 1.